The van der Waals surface area contributed by atoms with E-state index in [1.165, 1.54) is 11.1 Å². The van der Waals surface area contributed by atoms with Gasteiger partial charge in [-0.15, -0.1) is 24.0 Å². The lowest BCUT2D eigenvalue weighted by Gasteiger charge is -2.16. The molecule has 0 bridgehead atoms. The molecule has 30 heavy (non-hydrogen) atoms. The molecule has 0 aliphatic carbocycles. The van der Waals surface area contributed by atoms with Crippen LogP contribution in [-0.4, -0.2) is 47.0 Å². The van der Waals surface area contributed by atoms with Gasteiger partial charge < -0.3 is 24.8 Å². The summed E-state index contributed by atoms with van der Waals surface area (Å²) < 4.78 is 16.4. The predicted octanol–water partition coefficient (Wildman–Crippen LogP) is 3.86. The molecule has 0 aliphatic rings. The molecule has 0 atom stereocenters. The van der Waals surface area contributed by atoms with Crippen molar-refractivity contribution >= 4 is 29.9 Å². The third kappa shape index (κ3) is 8.39. The minimum absolute atomic E-state index is 0. The summed E-state index contributed by atoms with van der Waals surface area (Å²) in [5, 5.41) is 6.72. The van der Waals surface area contributed by atoms with Gasteiger partial charge >= 0.3 is 0 Å². The number of ether oxygens (including phenoxy) is 3. The van der Waals surface area contributed by atoms with E-state index in [0.29, 0.717) is 19.8 Å². The van der Waals surface area contributed by atoms with Crippen molar-refractivity contribution in [3.05, 3.63) is 58.7 Å². The van der Waals surface area contributed by atoms with Gasteiger partial charge in [0.2, 0.25) is 0 Å². The monoisotopic (exact) mass is 527 g/mol. The molecule has 6 nitrogen and oxygen atoms in total. The highest BCUT2D eigenvalue weighted by Gasteiger charge is 2.07. The summed E-state index contributed by atoms with van der Waals surface area (Å²) in [6.07, 6.45) is 0.849. The second kappa shape index (κ2) is 14.1. The maximum Gasteiger partial charge on any atom is 0.191 e. The van der Waals surface area contributed by atoms with E-state index in [1.807, 2.05) is 12.1 Å². The third-order valence-electron chi connectivity index (χ3n) is 4.56. The lowest BCUT2D eigenvalue weighted by atomic mass is 10.1. The molecular weight excluding hydrogens is 493 g/mol. The molecule has 0 heterocycles. The largest absolute Gasteiger partial charge is 0.496 e. The minimum Gasteiger partial charge on any atom is -0.496 e. The number of benzene rings is 2. The summed E-state index contributed by atoms with van der Waals surface area (Å²) in [4.78, 5) is 4.32. The first-order valence-electron chi connectivity index (χ1n) is 9.86. The van der Waals surface area contributed by atoms with Crippen molar-refractivity contribution in [3.8, 4) is 11.5 Å². The van der Waals surface area contributed by atoms with Crippen LogP contribution in [0.25, 0.3) is 0 Å². The van der Waals surface area contributed by atoms with Crippen LogP contribution in [0.1, 0.15) is 22.3 Å². The number of nitrogens with one attached hydrogen (secondary N) is 2. The van der Waals surface area contributed by atoms with Crippen LogP contribution in [0.3, 0.4) is 0 Å². The second-order valence-corrected chi connectivity index (χ2v) is 6.87. The maximum atomic E-state index is 5.86. The Morgan fingerprint density at radius 3 is 2.33 bits per heavy atom. The first-order valence-corrected chi connectivity index (χ1v) is 9.86. The van der Waals surface area contributed by atoms with Gasteiger partial charge in [0.05, 0.1) is 13.7 Å². The Morgan fingerprint density at radius 2 is 1.63 bits per heavy atom. The van der Waals surface area contributed by atoms with Crippen molar-refractivity contribution < 1.29 is 14.2 Å². The number of hydrogen-bond donors (Lipinski definition) is 2. The van der Waals surface area contributed by atoms with E-state index in [0.717, 1.165) is 41.6 Å². The summed E-state index contributed by atoms with van der Waals surface area (Å²) in [5.41, 5.74) is 4.65. The first kappa shape index (κ1) is 26.0. The zero-order valence-corrected chi connectivity index (χ0v) is 20.9. The zero-order chi connectivity index (χ0) is 21.1. The Labute approximate surface area is 197 Å². The molecule has 0 saturated carbocycles. The summed E-state index contributed by atoms with van der Waals surface area (Å²) in [6.45, 7) is 6.61. The van der Waals surface area contributed by atoms with E-state index in [2.05, 4.69) is 53.7 Å². The Kier molecular flexibility index (Phi) is 12.2. The standard InChI is InChI=1S/C23H33N3O3.HI/c1-17-7-9-21(28-5)19(14-17)10-11-25-23(24-3)26-16-20-8-6-18(2)15-22(20)29-13-12-27-4;/h6-9,14-15H,10-13,16H2,1-5H3,(H2,24,25,26);1H. The van der Waals surface area contributed by atoms with Gasteiger partial charge in [0.25, 0.3) is 0 Å². The molecule has 166 valence electrons. The molecule has 2 aromatic rings. The molecule has 0 aromatic heterocycles. The number of rotatable bonds is 10. The lowest BCUT2D eigenvalue weighted by Crippen LogP contribution is -2.38. The maximum absolute atomic E-state index is 5.86. The quantitative estimate of drug-likeness (QED) is 0.213. The number of aliphatic imine (C=N–C) groups is 1. The van der Waals surface area contributed by atoms with Crippen LogP contribution in [0.5, 0.6) is 11.5 Å². The van der Waals surface area contributed by atoms with Gasteiger partial charge in [-0.05, 0) is 43.5 Å². The Bertz CT molecular complexity index is 812. The zero-order valence-electron chi connectivity index (χ0n) is 18.6. The SMILES string of the molecule is CN=C(NCCc1cc(C)ccc1OC)NCc1ccc(C)cc1OCCOC.I. The average molecular weight is 527 g/mol. The number of guanidine groups is 1. The van der Waals surface area contributed by atoms with Crippen LogP contribution in [-0.2, 0) is 17.7 Å². The summed E-state index contributed by atoms with van der Waals surface area (Å²) in [6, 6.07) is 12.4. The Balaban J connectivity index is 0.00000450. The van der Waals surface area contributed by atoms with Crippen molar-refractivity contribution in [2.75, 3.05) is 41.0 Å². The van der Waals surface area contributed by atoms with E-state index in [9.17, 15) is 0 Å². The summed E-state index contributed by atoms with van der Waals surface area (Å²) in [5.74, 6) is 2.53. The van der Waals surface area contributed by atoms with Gasteiger partial charge in [0.15, 0.2) is 5.96 Å². The molecule has 0 fully saturated rings. The van der Waals surface area contributed by atoms with Crippen LogP contribution in [0.2, 0.25) is 0 Å². The van der Waals surface area contributed by atoms with Gasteiger partial charge in [-0.3, -0.25) is 4.99 Å². The Hall–Kier alpha value is -2.00. The van der Waals surface area contributed by atoms with E-state index < -0.39 is 0 Å². The van der Waals surface area contributed by atoms with Gasteiger partial charge in [0.1, 0.15) is 18.1 Å². The lowest BCUT2D eigenvalue weighted by molar-refractivity contribution is 0.145. The number of methoxy groups -OCH3 is 2. The molecule has 0 aliphatic heterocycles. The number of hydrogen-bond acceptors (Lipinski definition) is 4. The summed E-state index contributed by atoms with van der Waals surface area (Å²) in [7, 11) is 5.15. The molecule has 0 unspecified atom stereocenters. The molecule has 0 radical (unpaired) electrons. The van der Waals surface area contributed by atoms with Crippen LogP contribution in [0.4, 0.5) is 0 Å². The van der Waals surface area contributed by atoms with E-state index >= 15 is 0 Å². The normalized spacial score (nSPS) is 10.9. The number of halogens is 1. The Morgan fingerprint density at radius 1 is 0.900 bits per heavy atom. The van der Waals surface area contributed by atoms with Gasteiger partial charge in [-0.25, -0.2) is 0 Å². The average Bonchev–Trinajstić information content (AvgIpc) is 2.72. The predicted molar refractivity (Wildman–Crippen MR) is 134 cm³/mol. The van der Waals surface area contributed by atoms with Crippen LogP contribution >= 0.6 is 24.0 Å². The van der Waals surface area contributed by atoms with E-state index in [4.69, 9.17) is 14.2 Å². The van der Waals surface area contributed by atoms with Crippen molar-refractivity contribution in [1.29, 1.82) is 0 Å². The van der Waals surface area contributed by atoms with Gasteiger partial charge in [0, 0.05) is 32.8 Å². The highest BCUT2D eigenvalue weighted by molar-refractivity contribution is 14.0. The fraction of sp³-hybridized carbons (Fsp3) is 0.435. The molecule has 7 heteroatoms. The van der Waals surface area contributed by atoms with Gasteiger partial charge in [-0.1, -0.05) is 29.8 Å². The number of aryl methyl sites for hydroxylation is 2. The van der Waals surface area contributed by atoms with Crippen LogP contribution in [0.15, 0.2) is 41.4 Å². The van der Waals surface area contributed by atoms with Crippen molar-refractivity contribution in [2.24, 2.45) is 4.99 Å². The van der Waals surface area contributed by atoms with Crippen molar-refractivity contribution in [3.63, 3.8) is 0 Å². The molecule has 2 aromatic carbocycles. The van der Waals surface area contributed by atoms with Crippen molar-refractivity contribution in [2.45, 2.75) is 26.8 Å². The first-order chi connectivity index (χ1) is 14.1. The molecule has 0 saturated heterocycles. The van der Waals surface area contributed by atoms with Crippen molar-refractivity contribution in [1.82, 2.24) is 10.6 Å². The van der Waals surface area contributed by atoms with E-state index in [-0.39, 0.29) is 24.0 Å². The smallest absolute Gasteiger partial charge is 0.191 e. The topological polar surface area (TPSA) is 64.1 Å². The highest BCUT2D eigenvalue weighted by Crippen LogP contribution is 2.21. The molecule has 0 amide bonds. The molecule has 0 spiro atoms. The van der Waals surface area contributed by atoms with Crippen LogP contribution < -0.4 is 20.1 Å². The second-order valence-electron chi connectivity index (χ2n) is 6.87. The summed E-state index contributed by atoms with van der Waals surface area (Å²) >= 11 is 0. The third-order valence-corrected chi connectivity index (χ3v) is 4.56. The van der Waals surface area contributed by atoms with Crippen LogP contribution in [0, 0.1) is 13.8 Å². The fourth-order valence-corrected chi connectivity index (χ4v) is 2.99. The molecular formula is C23H34IN3O3. The van der Waals surface area contributed by atoms with E-state index in [1.54, 1.807) is 21.3 Å². The highest BCUT2D eigenvalue weighted by atomic mass is 127. The number of nitrogens with zero attached hydrogens (tertiary/aromatic N) is 1. The molecule has 2 rings (SSSR count). The molecule has 2 N–H and O–H groups in total. The minimum atomic E-state index is 0. The fourth-order valence-electron chi connectivity index (χ4n) is 2.99. The van der Waals surface area contributed by atoms with Gasteiger partial charge in [-0.2, -0.15) is 0 Å².